The van der Waals surface area contributed by atoms with E-state index >= 15 is 0 Å². The topological polar surface area (TPSA) is 26.3 Å². The highest BCUT2D eigenvalue weighted by molar-refractivity contribution is 5.98. The van der Waals surface area contributed by atoms with Crippen LogP contribution in [0.3, 0.4) is 0 Å². The molecule has 0 aromatic carbocycles. The zero-order valence-electron chi connectivity index (χ0n) is 6.51. The van der Waals surface area contributed by atoms with Crippen molar-refractivity contribution >= 4 is 5.78 Å². The molecular formula is C9H12O2. The third kappa shape index (κ3) is 1.02. The Morgan fingerprint density at radius 2 is 2.36 bits per heavy atom. The van der Waals surface area contributed by atoms with Crippen molar-refractivity contribution in [3.63, 3.8) is 0 Å². The zero-order chi connectivity index (χ0) is 7.73. The largest absolute Gasteiger partial charge is 0.367 e. The highest BCUT2D eigenvalue weighted by atomic mass is 16.5. The van der Waals surface area contributed by atoms with Gasteiger partial charge in [0.1, 0.15) is 5.60 Å². The van der Waals surface area contributed by atoms with Crippen molar-refractivity contribution in [1.82, 2.24) is 0 Å². The van der Waals surface area contributed by atoms with E-state index in [4.69, 9.17) is 4.74 Å². The Morgan fingerprint density at radius 1 is 1.45 bits per heavy atom. The van der Waals surface area contributed by atoms with Gasteiger partial charge in [-0.25, -0.2) is 0 Å². The average Bonchev–Trinajstić information content (AvgIpc) is 2.46. The minimum absolute atomic E-state index is 0.182. The first kappa shape index (κ1) is 7.04. The lowest BCUT2D eigenvalue weighted by Crippen LogP contribution is -2.38. The SMILES string of the molecule is O=C1C=CCCC12CCCO2. The summed E-state index contributed by atoms with van der Waals surface area (Å²) in [6.45, 7) is 0.763. The van der Waals surface area contributed by atoms with E-state index in [1.165, 1.54) is 0 Å². The molecule has 60 valence electrons. The van der Waals surface area contributed by atoms with Gasteiger partial charge in [0, 0.05) is 6.61 Å². The highest BCUT2D eigenvalue weighted by Crippen LogP contribution is 2.34. The molecule has 0 radical (unpaired) electrons. The maximum absolute atomic E-state index is 11.4. The fourth-order valence-corrected chi connectivity index (χ4v) is 1.87. The van der Waals surface area contributed by atoms with Crippen molar-refractivity contribution in [2.75, 3.05) is 6.61 Å². The summed E-state index contributed by atoms with van der Waals surface area (Å²) < 4.78 is 5.49. The Morgan fingerprint density at radius 3 is 3.00 bits per heavy atom. The minimum atomic E-state index is -0.394. The maximum atomic E-state index is 11.4. The molecule has 1 heterocycles. The number of rotatable bonds is 0. The van der Waals surface area contributed by atoms with Crippen molar-refractivity contribution in [2.45, 2.75) is 31.3 Å². The van der Waals surface area contributed by atoms with Crippen molar-refractivity contribution in [3.8, 4) is 0 Å². The van der Waals surface area contributed by atoms with Gasteiger partial charge in [0.25, 0.3) is 0 Å². The number of carbonyl (C=O) groups excluding carboxylic acids is 1. The van der Waals surface area contributed by atoms with Gasteiger partial charge in [-0.2, -0.15) is 0 Å². The molecule has 1 fully saturated rings. The van der Waals surface area contributed by atoms with Crippen LogP contribution in [0, 0.1) is 0 Å². The Labute approximate surface area is 66.2 Å². The zero-order valence-corrected chi connectivity index (χ0v) is 6.51. The number of allylic oxidation sites excluding steroid dienone is 1. The molecule has 2 rings (SSSR count). The second kappa shape index (κ2) is 2.45. The fraction of sp³-hybridized carbons (Fsp3) is 0.667. The maximum Gasteiger partial charge on any atom is 0.187 e. The Balaban J connectivity index is 2.23. The lowest BCUT2D eigenvalue weighted by molar-refractivity contribution is -0.135. The first-order chi connectivity index (χ1) is 5.33. The molecule has 2 aliphatic rings. The predicted molar refractivity (Wildman–Crippen MR) is 41.3 cm³/mol. The van der Waals surface area contributed by atoms with Crippen molar-refractivity contribution in [2.24, 2.45) is 0 Å². The summed E-state index contributed by atoms with van der Waals surface area (Å²) in [5, 5.41) is 0. The molecule has 0 bridgehead atoms. The molecule has 1 unspecified atom stereocenters. The number of hydrogen-bond acceptors (Lipinski definition) is 2. The molecule has 2 heteroatoms. The van der Waals surface area contributed by atoms with Crippen LogP contribution in [-0.2, 0) is 9.53 Å². The van der Waals surface area contributed by atoms with Crippen LogP contribution in [0.5, 0.6) is 0 Å². The quantitative estimate of drug-likeness (QED) is 0.525. The Bertz CT molecular complexity index is 200. The van der Waals surface area contributed by atoms with Gasteiger partial charge in [-0.15, -0.1) is 0 Å². The summed E-state index contributed by atoms with van der Waals surface area (Å²) in [4.78, 5) is 11.4. The highest BCUT2D eigenvalue weighted by Gasteiger charge is 2.41. The summed E-state index contributed by atoms with van der Waals surface area (Å²) >= 11 is 0. The fourth-order valence-electron chi connectivity index (χ4n) is 1.87. The molecule has 1 spiro atoms. The lowest BCUT2D eigenvalue weighted by atomic mass is 9.86. The van der Waals surface area contributed by atoms with Crippen LogP contribution in [-0.4, -0.2) is 18.0 Å². The third-order valence-corrected chi connectivity index (χ3v) is 2.54. The molecule has 0 amide bonds. The normalized spacial score (nSPS) is 36.9. The number of ketones is 1. The number of hydrogen-bond donors (Lipinski definition) is 0. The van der Waals surface area contributed by atoms with E-state index in [-0.39, 0.29) is 5.78 Å². The van der Waals surface area contributed by atoms with Gasteiger partial charge in [-0.3, -0.25) is 4.79 Å². The van der Waals surface area contributed by atoms with Crippen LogP contribution in [0.4, 0.5) is 0 Å². The smallest absolute Gasteiger partial charge is 0.187 e. The summed E-state index contributed by atoms with van der Waals surface area (Å²) in [7, 11) is 0. The molecule has 11 heavy (non-hydrogen) atoms. The average molecular weight is 152 g/mol. The van der Waals surface area contributed by atoms with E-state index in [2.05, 4.69) is 0 Å². The van der Waals surface area contributed by atoms with E-state index in [0.717, 1.165) is 32.3 Å². The van der Waals surface area contributed by atoms with Gasteiger partial charge < -0.3 is 4.74 Å². The standard InChI is InChI=1S/C9H12O2/c10-8-4-1-2-5-9(8)6-3-7-11-9/h1,4H,2-3,5-7H2. The molecule has 1 atom stereocenters. The predicted octanol–water partition coefficient (Wildman–Crippen LogP) is 1.45. The van der Waals surface area contributed by atoms with Gasteiger partial charge in [-0.1, -0.05) is 6.08 Å². The first-order valence-corrected chi connectivity index (χ1v) is 4.18. The van der Waals surface area contributed by atoms with E-state index in [0.29, 0.717) is 0 Å². The van der Waals surface area contributed by atoms with Crippen LogP contribution in [0.25, 0.3) is 0 Å². The second-order valence-electron chi connectivity index (χ2n) is 3.25. The second-order valence-corrected chi connectivity index (χ2v) is 3.25. The van der Waals surface area contributed by atoms with Crippen LogP contribution >= 0.6 is 0 Å². The summed E-state index contributed by atoms with van der Waals surface area (Å²) in [6, 6.07) is 0. The Hall–Kier alpha value is -0.630. The molecule has 0 N–H and O–H groups in total. The van der Waals surface area contributed by atoms with Crippen LogP contribution in [0.15, 0.2) is 12.2 Å². The van der Waals surface area contributed by atoms with Crippen LogP contribution < -0.4 is 0 Å². The summed E-state index contributed by atoms with van der Waals surface area (Å²) in [5.41, 5.74) is -0.394. The van der Waals surface area contributed by atoms with Crippen molar-refractivity contribution in [3.05, 3.63) is 12.2 Å². The number of carbonyl (C=O) groups is 1. The van der Waals surface area contributed by atoms with Crippen molar-refractivity contribution < 1.29 is 9.53 Å². The van der Waals surface area contributed by atoms with E-state index in [1.807, 2.05) is 6.08 Å². The van der Waals surface area contributed by atoms with Crippen LogP contribution in [0.2, 0.25) is 0 Å². The van der Waals surface area contributed by atoms with E-state index < -0.39 is 5.60 Å². The molecule has 0 saturated carbocycles. The van der Waals surface area contributed by atoms with E-state index in [1.54, 1.807) is 6.08 Å². The molecular weight excluding hydrogens is 140 g/mol. The van der Waals surface area contributed by atoms with Gasteiger partial charge in [-0.05, 0) is 31.8 Å². The monoisotopic (exact) mass is 152 g/mol. The molecule has 2 nitrogen and oxygen atoms in total. The summed E-state index contributed by atoms with van der Waals surface area (Å²) in [5.74, 6) is 0.182. The third-order valence-electron chi connectivity index (χ3n) is 2.54. The first-order valence-electron chi connectivity index (χ1n) is 4.18. The van der Waals surface area contributed by atoms with Gasteiger partial charge in [0.2, 0.25) is 0 Å². The summed E-state index contributed by atoms with van der Waals surface area (Å²) in [6.07, 6.45) is 7.47. The molecule has 0 aromatic rings. The number of ether oxygens (including phenoxy) is 1. The van der Waals surface area contributed by atoms with Gasteiger partial charge >= 0.3 is 0 Å². The minimum Gasteiger partial charge on any atom is -0.367 e. The van der Waals surface area contributed by atoms with Crippen LogP contribution in [0.1, 0.15) is 25.7 Å². The molecule has 1 saturated heterocycles. The van der Waals surface area contributed by atoms with Gasteiger partial charge in [0.15, 0.2) is 5.78 Å². The molecule has 0 aromatic heterocycles. The lowest BCUT2D eigenvalue weighted by Gasteiger charge is -2.27. The molecule has 1 aliphatic heterocycles. The van der Waals surface area contributed by atoms with E-state index in [9.17, 15) is 4.79 Å². The molecule has 1 aliphatic carbocycles. The van der Waals surface area contributed by atoms with Gasteiger partial charge in [0.05, 0.1) is 0 Å². The Kier molecular flexibility index (Phi) is 1.57. The van der Waals surface area contributed by atoms with Crippen molar-refractivity contribution in [1.29, 1.82) is 0 Å².